The van der Waals surface area contributed by atoms with Crippen LogP contribution in [-0.2, 0) is 6.54 Å². The molecule has 2 aromatic rings. The third-order valence-electron chi connectivity index (χ3n) is 3.13. The summed E-state index contributed by atoms with van der Waals surface area (Å²) in [7, 11) is 0. The van der Waals surface area contributed by atoms with Crippen LogP contribution in [0.3, 0.4) is 0 Å². The van der Waals surface area contributed by atoms with Crippen molar-refractivity contribution in [2.24, 2.45) is 0 Å². The molecule has 1 aromatic carbocycles. The number of aromatic nitrogens is 4. The van der Waals surface area contributed by atoms with Crippen molar-refractivity contribution in [3.63, 3.8) is 0 Å². The molecular weight excluding hydrogens is 233 g/mol. The molecule has 1 aliphatic rings. The van der Waals surface area contributed by atoms with Crippen molar-refractivity contribution in [1.82, 2.24) is 25.5 Å². The Morgan fingerprint density at radius 3 is 3.06 bits per heavy atom. The van der Waals surface area contributed by atoms with E-state index in [1.807, 2.05) is 6.07 Å². The molecule has 0 saturated heterocycles. The lowest BCUT2D eigenvalue weighted by molar-refractivity contribution is 0.608. The van der Waals surface area contributed by atoms with Crippen molar-refractivity contribution < 1.29 is 4.39 Å². The fraction of sp³-hybridized carbons (Fsp3) is 0.417. The van der Waals surface area contributed by atoms with E-state index in [-0.39, 0.29) is 5.82 Å². The summed E-state index contributed by atoms with van der Waals surface area (Å²) < 4.78 is 15.1. The van der Waals surface area contributed by atoms with Crippen molar-refractivity contribution in [2.75, 3.05) is 0 Å². The first-order valence-corrected chi connectivity index (χ1v) is 6.02. The van der Waals surface area contributed by atoms with Crippen LogP contribution in [-0.4, -0.2) is 26.2 Å². The van der Waals surface area contributed by atoms with Crippen molar-refractivity contribution in [1.29, 1.82) is 0 Å². The lowest BCUT2D eigenvalue weighted by Crippen LogP contribution is -2.19. The predicted octanol–water partition coefficient (Wildman–Crippen LogP) is 1.36. The van der Waals surface area contributed by atoms with Gasteiger partial charge in [-0.15, -0.1) is 5.10 Å². The average Bonchev–Trinajstić information content (AvgIpc) is 3.08. The van der Waals surface area contributed by atoms with Gasteiger partial charge in [0.1, 0.15) is 5.82 Å². The molecule has 0 unspecified atom stereocenters. The highest BCUT2D eigenvalue weighted by Crippen LogP contribution is 2.20. The van der Waals surface area contributed by atoms with Crippen LogP contribution < -0.4 is 5.32 Å². The fourth-order valence-electron chi connectivity index (χ4n) is 1.85. The van der Waals surface area contributed by atoms with E-state index in [1.54, 1.807) is 17.7 Å². The van der Waals surface area contributed by atoms with Crippen molar-refractivity contribution in [3.05, 3.63) is 35.4 Å². The Hall–Kier alpha value is -1.82. The maximum absolute atomic E-state index is 13.5. The molecule has 0 atom stereocenters. The molecule has 0 spiro atoms. The zero-order valence-electron chi connectivity index (χ0n) is 10.1. The van der Waals surface area contributed by atoms with Crippen LogP contribution in [0, 0.1) is 12.7 Å². The molecule has 1 saturated carbocycles. The van der Waals surface area contributed by atoms with Gasteiger partial charge in [0.05, 0.1) is 12.2 Å². The first-order valence-electron chi connectivity index (χ1n) is 6.02. The lowest BCUT2D eigenvalue weighted by Gasteiger charge is -2.08. The summed E-state index contributed by atoms with van der Waals surface area (Å²) in [5.74, 6) is 0.458. The van der Waals surface area contributed by atoms with Gasteiger partial charge >= 0.3 is 0 Å². The normalized spacial score (nSPS) is 15.0. The second-order valence-corrected chi connectivity index (χ2v) is 4.55. The summed E-state index contributed by atoms with van der Waals surface area (Å²) >= 11 is 0. The summed E-state index contributed by atoms with van der Waals surface area (Å²) in [5, 5.41) is 14.9. The van der Waals surface area contributed by atoms with E-state index in [0.717, 1.165) is 0 Å². The Kier molecular flexibility index (Phi) is 2.79. The molecule has 0 aliphatic heterocycles. The van der Waals surface area contributed by atoms with Crippen LogP contribution >= 0.6 is 0 Å². The monoisotopic (exact) mass is 247 g/mol. The van der Waals surface area contributed by atoms with Crippen LogP contribution in [0.2, 0.25) is 0 Å². The number of benzene rings is 1. The number of nitrogens with zero attached hydrogens (tertiary/aromatic N) is 4. The van der Waals surface area contributed by atoms with Crippen LogP contribution in [0.25, 0.3) is 5.69 Å². The molecular formula is C12H14FN5. The highest BCUT2D eigenvalue weighted by molar-refractivity contribution is 5.40. The summed E-state index contributed by atoms with van der Waals surface area (Å²) in [4.78, 5) is 0. The van der Waals surface area contributed by atoms with Gasteiger partial charge in [-0.25, -0.2) is 4.39 Å². The van der Waals surface area contributed by atoms with Crippen LogP contribution in [0.5, 0.6) is 0 Å². The zero-order chi connectivity index (χ0) is 12.5. The third-order valence-corrected chi connectivity index (χ3v) is 3.13. The number of hydrogen-bond acceptors (Lipinski definition) is 4. The first kappa shape index (κ1) is 11.3. The molecule has 5 nitrogen and oxygen atoms in total. The topological polar surface area (TPSA) is 55.6 Å². The molecule has 0 bridgehead atoms. The lowest BCUT2D eigenvalue weighted by atomic mass is 10.2. The van der Waals surface area contributed by atoms with E-state index >= 15 is 0 Å². The predicted molar refractivity (Wildman–Crippen MR) is 63.7 cm³/mol. The van der Waals surface area contributed by atoms with Gasteiger partial charge in [0.25, 0.3) is 0 Å². The minimum absolute atomic E-state index is 0.246. The molecule has 94 valence electrons. The molecule has 1 heterocycles. The molecule has 6 heteroatoms. The van der Waals surface area contributed by atoms with Crippen LogP contribution in [0.15, 0.2) is 18.2 Å². The zero-order valence-corrected chi connectivity index (χ0v) is 10.1. The van der Waals surface area contributed by atoms with Gasteiger partial charge in [-0.3, -0.25) is 0 Å². The van der Waals surface area contributed by atoms with Gasteiger partial charge < -0.3 is 5.32 Å². The third kappa shape index (κ3) is 2.11. The molecule has 1 aromatic heterocycles. The van der Waals surface area contributed by atoms with Crippen molar-refractivity contribution in [3.8, 4) is 5.69 Å². The van der Waals surface area contributed by atoms with Crippen LogP contribution in [0.1, 0.15) is 24.2 Å². The summed E-state index contributed by atoms with van der Waals surface area (Å²) in [6, 6.07) is 5.50. The van der Waals surface area contributed by atoms with E-state index in [2.05, 4.69) is 20.8 Å². The maximum Gasteiger partial charge on any atom is 0.170 e. The first-order chi connectivity index (χ1) is 8.75. The quantitative estimate of drug-likeness (QED) is 0.886. The molecule has 18 heavy (non-hydrogen) atoms. The van der Waals surface area contributed by atoms with E-state index < -0.39 is 0 Å². The van der Waals surface area contributed by atoms with Gasteiger partial charge in [0.15, 0.2) is 5.82 Å². The number of rotatable bonds is 4. The summed E-state index contributed by atoms with van der Waals surface area (Å²) in [6.07, 6.45) is 2.42. The van der Waals surface area contributed by atoms with Gasteiger partial charge in [0, 0.05) is 11.6 Å². The Bertz CT molecular complexity index is 561. The van der Waals surface area contributed by atoms with Crippen molar-refractivity contribution in [2.45, 2.75) is 32.4 Å². The number of tetrazole rings is 1. The minimum Gasteiger partial charge on any atom is -0.307 e. The molecule has 1 fully saturated rings. The molecule has 0 radical (unpaired) electrons. The SMILES string of the molecule is Cc1c(F)cccc1-n1nnnc1CNC1CC1. The van der Waals surface area contributed by atoms with Crippen LogP contribution in [0.4, 0.5) is 4.39 Å². The smallest absolute Gasteiger partial charge is 0.170 e. The average molecular weight is 247 g/mol. The highest BCUT2D eigenvalue weighted by atomic mass is 19.1. The second kappa shape index (κ2) is 4.45. The van der Waals surface area contributed by atoms with Gasteiger partial charge in [-0.1, -0.05) is 6.07 Å². The Morgan fingerprint density at radius 2 is 2.28 bits per heavy atom. The second-order valence-electron chi connectivity index (χ2n) is 4.55. The Morgan fingerprint density at radius 1 is 1.44 bits per heavy atom. The summed E-state index contributed by atoms with van der Waals surface area (Å²) in [5.41, 5.74) is 1.24. The van der Waals surface area contributed by atoms with E-state index in [1.165, 1.54) is 18.9 Å². The Balaban J connectivity index is 1.90. The fourth-order valence-corrected chi connectivity index (χ4v) is 1.85. The number of nitrogens with one attached hydrogen (secondary N) is 1. The standard InChI is InChI=1S/C12H14FN5/c1-8-10(13)3-2-4-11(8)18-12(15-16-17-18)7-14-9-5-6-9/h2-4,9,14H,5-7H2,1H3. The number of halogens is 1. The Labute approximate surface area is 104 Å². The largest absolute Gasteiger partial charge is 0.307 e. The van der Waals surface area contributed by atoms with Gasteiger partial charge in [-0.05, 0) is 42.3 Å². The molecule has 1 N–H and O–H groups in total. The van der Waals surface area contributed by atoms with Gasteiger partial charge in [-0.2, -0.15) is 4.68 Å². The van der Waals surface area contributed by atoms with Gasteiger partial charge in [0.2, 0.25) is 0 Å². The highest BCUT2D eigenvalue weighted by Gasteiger charge is 2.21. The van der Waals surface area contributed by atoms with E-state index in [9.17, 15) is 4.39 Å². The van der Waals surface area contributed by atoms with E-state index in [4.69, 9.17) is 0 Å². The summed E-state index contributed by atoms with van der Waals surface area (Å²) in [6.45, 7) is 2.33. The maximum atomic E-state index is 13.5. The molecule has 0 amide bonds. The van der Waals surface area contributed by atoms with Crippen molar-refractivity contribution >= 4 is 0 Å². The molecule has 1 aliphatic carbocycles. The minimum atomic E-state index is -0.246. The van der Waals surface area contributed by atoms with E-state index in [0.29, 0.717) is 29.7 Å². The molecule has 3 rings (SSSR count). The number of hydrogen-bond donors (Lipinski definition) is 1.